The molecular weight excluding hydrogens is 322 g/mol. The minimum Gasteiger partial charge on any atom is -0.388 e. The first-order chi connectivity index (χ1) is 8.08. The first kappa shape index (κ1) is 13.0. The van der Waals surface area contributed by atoms with E-state index in [1.165, 1.54) is 0 Å². The van der Waals surface area contributed by atoms with Gasteiger partial charge in [0.05, 0.1) is 21.8 Å². The van der Waals surface area contributed by atoms with E-state index in [1.807, 2.05) is 30.5 Å². The van der Waals surface area contributed by atoms with Crippen molar-refractivity contribution in [3.63, 3.8) is 0 Å². The van der Waals surface area contributed by atoms with Crippen molar-refractivity contribution in [2.45, 2.75) is 19.4 Å². The van der Waals surface area contributed by atoms with Crippen LogP contribution in [0.15, 0.2) is 28.1 Å². The van der Waals surface area contributed by atoms with E-state index in [1.54, 1.807) is 11.3 Å². The summed E-state index contributed by atoms with van der Waals surface area (Å²) in [5, 5.41) is 13.7. The zero-order chi connectivity index (χ0) is 12.4. The Balaban J connectivity index is 2.20. The summed E-state index contributed by atoms with van der Waals surface area (Å²) in [6, 6.07) is 5.54. The predicted octanol–water partition coefficient (Wildman–Crippen LogP) is 4.14. The lowest BCUT2D eigenvalue weighted by atomic mass is 10.1. The Morgan fingerprint density at radius 3 is 2.94 bits per heavy atom. The largest absolute Gasteiger partial charge is 0.388 e. The standard InChI is InChI=1S/C12H11BrClNOS/c1-7-15-8(6-17-7)5-11(16)9-3-2-4-10(13)12(9)14/h2-4,6,11,16H,5H2,1H3. The number of thiazole rings is 1. The highest BCUT2D eigenvalue weighted by molar-refractivity contribution is 9.10. The maximum atomic E-state index is 10.1. The van der Waals surface area contributed by atoms with E-state index in [4.69, 9.17) is 11.6 Å². The van der Waals surface area contributed by atoms with Crippen molar-refractivity contribution in [3.05, 3.63) is 49.3 Å². The predicted molar refractivity (Wildman–Crippen MR) is 74.7 cm³/mol. The van der Waals surface area contributed by atoms with Crippen molar-refractivity contribution >= 4 is 38.9 Å². The summed E-state index contributed by atoms with van der Waals surface area (Å²) in [5.74, 6) is 0. The van der Waals surface area contributed by atoms with Crippen LogP contribution in [-0.4, -0.2) is 10.1 Å². The number of nitrogens with zero attached hydrogens (tertiary/aromatic N) is 1. The highest BCUT2D eigenvalue weighted by Crippen LogP contribution is 2.31. The van der Waals surface area contributed by atoms with E-state index in [0.717, 1.165) is 20.7 Å². The Bertz CT molecular complexity index is 529. The molecule has 0 saturated carbocycles. The molecule has 0 fully saturated rings. The minimum absolute atomic E-state index is 0.487. The number of aliphatic hydroxyl groups is 1. The van der Waals surface area contributed by atoms with Crippen LogP contribution in [0, 0.1) is 6.92 Å². The lowest BCUT2D eigenvalue weighted by molar-refractivity contribution is 0.177. The quantitative estimate of drug-likeness (QED) is 0.916. The van der Waals surface area contributed by atoms with Gasteiger partial charge >= 0.3 is 0 Å². The van der Waals surface area contributed by atoms with Crippen LogP contribution in [0.25, 0.3) is 0 Å². The van der Waals surface area contributed by atoms with Crippen LogP contribution >= 0.6 is 38.9 Å². The third-order valence-corrected chi connectivity index (χ3v) is 4.54. The second kappa shape index (κ2) is 5.48. The van der Waals surface area contributed by atoms with Crippen molar-refractivity contribution in [1.29, 1.82) is 0 Å². The Kier molecular flexibility index (Phi) is 4.20. The highest BCUT2D eigenvalue weighted by atomic mass is 79.9. The van der Waals surface area contributed by atoms with Crippen molar-refractivity contribution in [2.24, 2.45) is 0 Å². The zero-order valence-electron chi connectivity index (χ0n) is 9.15. The Labute approximate surface area is 117 Å². The van der Waals surface area contributed by atoms with E-state index >= 15 is 0 Å². The minimum atomic E-state index is -0.624. The lowest BCUT2D eigenvalue weighted by Crippen LogP contribution is -2.03. The zero-order valence-corrected chi connectivity index (χ0v) is 12.3. The molecule has 0 aliphatic carbocycles. The van der Waals surface area contributed by atoms with Gasteiger partial charge in [-0.3, -0.25) is 0 Å². The van der Waals surface area contributed by atoms with Gasteiger partial charge in [-0.1, -0.05) is 23.7 Å². The van der Waals surface area contributed by atoms with Crippen LogP contribution in [0.1, 0.15) is 22.4 Å². The van der Waals surface area contributed by atoms with Gasteiger partial charge in [0, 0.05) is 21.8 Å². The van der Waals surface area contributed by atoms with Gasteiger partial charge in [-0.2, -0.15) is 0 Å². The molecule has 2 nitrogen and oxygen atoms in total. The maximum Gasteiger partial charge on any atom is 0.0897 e. The Hall–Kier alpha value is -0.420. The van der Waals surface area contributed by atoms with Gasteiger partial charge < -0.3 is 5.11 Å². The van der Waals surface area contributed by atoms with Crippen molar-refractivity contribution in [3.8, 4) is 0 Å². The Morgan fingerprint density at radius 1 is 1.53 bits per heavy atom. The third-order valence-electron chi connectivity index (χ3n) is 2.41. The number of aryl methyl sites for hydroxylation is 1. The second-order valence-electron chi connectivity index (χ2n) is 3.72. The van der Waals surface area contributed by atoms with E-state index < -0.39 is 6.10 Å². The topological polar surface area (TPSA) is 33.1 Å². The molecule has 0 bridgehead atoms. The molecule has 5 heteroatoms. The first-order valence-corrected chi connectivity index (χ1v) is 7.16. The summed E-state index contributed by atoms with van der Waals surface area (Å²) < 4.78 is 0.796. The summed E-state index contributed by atoms with van der Waals surface area (Å²) >= 11 is 11.1. The SMILES string of the molecule is Cc1nc(CC(O)c2cccc(Br)c2Cl)cs1. The van der Waals surface area contributed by atoms with Crippen LogP contribution in [0.2, 0.25) is 5.02 Å². The average molecular weight is 333 g/mol. The fourth-order valence-electron chi connectivity index (χ4n) is 1.59. The molecule has 0 radical (unpaired) electrons. The van der Waals surface area contributed by atoms with Crippen LogP contribution < -0.4 is 0 Å². The summed E-state index contributed by atoms with van der Waals surface area (Å²) in [5.41, 5.74) is 1.63. The molecule has 2 aromatic rings. The molecule has 17 heavy (non-hydrogen) atoms. The van der Waals surface area contributed by atoms with Crippen LogP contribution in [0.4, 0.5) is 0 Å². The van der Waals surface area contributed by atoms with Gasteiger partial charge in [0.1, 0.15) is 0 Å². The van der Waals surface area contributed by atoms with E-state index in [9.17, 15) is 5.11 Å². The van der Waals surface area contributed by atoms with Gasteiger partial charge in [0.25, 0.3) is 0 Å². The molecule has 0 spiro atoms. The van der Waals surface area contributed by atoms with Gasteiger partial charge in [0.15, 0.2) is 0 Å². The van der Waals surface area contributed by atoms with Gasteiger partial charge in [0.2, 0.25) is 0 Å². The molecule has 1 atom stereocenters. The number of hydrogen-bond acceptors (Lipinski definition) is 3. The molecule has 1 aromatic carbocycles. The van der Waals surface area contributed by atoms with Crippen molar-refractivity contribution in [2.75, 3.05) is 0 Å². The number of hydrogen-bond donors (Lipinski definition) is 1. The monoisotopic (exact) mass is 331 g/mol. The van der Waals surface area contributed by atoms with Crippen molar-refractivity contribution < 1.29 is 5.11 Å². The summed E-state index contributed by atoms with van der Waals surface area (Å²) in [7, 11) is 0. The van der Waals surface area contributed by atoms with E-state index in [-0.39, 0.29) is 0 Å². The molecule has 0 saturated heterocycles. The first-order valence-electron chi connectivity index (χ1n) is 5.11. The number of aliphatic hydroxyl groups excluding tert-OH is 1. The molecule has 1 N–H and O–H groups in total. The van der Waals surface area contributed by atoms with Crippen LogP contribution in [-0.2, 0) is 6.42 Å². The molecule has 2 rings (SSSR count). The summed E-state index contributed by atoms with van der Waals surface area (Å²) in [4.78, 5) is 4.33. The molecule has 1 heterocycles. The highest BCUT2D eigenvalue weighted by Gasteiger charge is 2.15. The molecule has 90 valence electrons. The van der Waals surface area contributed by atoms with Gasteiger partial charge in [-0.25, -0.2) is 4.98 Å². The van der Waals surface area contributed by atoms with E-state index in [0.29, 0.717) is 11.4 Å². The molecular formula is C12H11BrClNOS. The van der Waals surface area contributed by atoms with E-state index in [2.05, 4.69) is 20.9 Å². The molecule has 1 unspecified atom stereocenters. The van der Waals surface area contributed by atoms with Crippen LogP contribution in [0.3, 0.4) is 0 Å². The number of halogens is 2. The second-order valence-corrected chi connectivity index (χ2v) is 6.02. The summed E-state index contributed by atoms with van der Waals surface area (Å²) in [6.07, 6.45) is -0.137. The molecule has 0 aliphatic heterocycles. The Morgan fingerprint density at radius 2 is 2.29 bits per heavy atom. The lowest BCUT2D eigenvalue weighted by Gasteiger charge is -2.12. The average Bonchev–Trinajstić information content (AvgIpc) is 2.68. The van der Waals surface area contributed by atoms with Gasteiger partial charge in [-0.05, 0) is 28.9 Å². The maximum absolute atomic E-state index is 10.1. The van der Waals surface area contributed by atoms with Gasteiger partial charge in [-0.15, -0.1) is 11.3 Å². The number of aromatic nitrogens is 1. The smallest absolute Gasteiger partial charge is 0.0897 e. The van der Waals surface area contributed by atoms with Crippen molar-refractivity contribution in [1.82, 2.24) is 4.98 Å². The fourth-order valence-corrected chi connectivity index (χ4v) is 2.85. The summed E-state index contributed by atoms with van der Waals surface area (Å²) in [6.45, 7) is 1.95. The fraction of sp³-hybridized carbons (Fsp3) is 0.250. The van der Waals surface area contributed by atoms with Crippen LogP contribution in [0.5, 0.6) is 0 Å². The normalized spacial score (nSPS) is 12.7. The number of rotatable bonds is 3. The third kappa shape index (κ3) is 3.07. The molecule has 1 aromatic heterocycles. The number of benzene rings is 1. The molecule has 0 aliphatic rings. The molecule has 0 amide bonds.